The van der Waals surface area contributed by atoms with Crippen LogP contribution >= 0.6 is 0 Å². The summed E-state index contributed by atoms with van der Waals surface area (Å²) >= 11 is 0. The quantitative estimate of drug-likeness (QED) is 0.0889. The average molecular weight is 739 g/mol. The minimum absolute atomic E-state index is 0.0842. The summed E-state index contributed by atoms with van der Waals surface area (Å²) in [5.41, 5.74) is 7.88. The Bertz CT molecular complexity index is 2740. The normalized spacial score (nSPS) is 19.2. The fourth-order valence-electron chi connectivity index (χ4n) is 9.23. The van der Waals surface area contributed by atoms with Crippen molar-refractivity contribution in [1.29, 1.82) is 0 Å². The molecule has 0 amide bonds. The number of methoxy groups -OCH3 is 2. The van der Waals surface area contributed by atoms with Crippen molar-refractivity contribution in [3.05, 3.63) is 111 Å². The molecule has 2 aliphatic rings. The molecule has 2 unspecified atom stereocenters. The molecule has 9 heteroatoms. The lowest BCUT2D eigenvalue weighted by atomic mass is 9.82. The number of phenols is 3. The molecule has 5 N–H and O–H groups in total. The molecule has 9 rings (SSSR count). The van der Waals surface area contributed by atoms with Crippen LogP contribution in [0.25, 0.3) is 54.4 Å². The zero-order valence-corrected chi connectivity index (χ0v) is 32.1. The summed E-state index contributed by atoms with van der Waals surface area (Å²) in [6, 6.07) is 23.3. The third-order valence-corrected chi connectivity index (χ3v) is 11.4. The van der Waals surface area contributed by atoms with Crippen molar-refractivity contribution >= 4 is 43.3 Å². The third-order valence-electron chi connectivity index (χ3n) is 11.4. The number of nitrogens with one attached hydrogen (secondary N) is 2. The molecule has 0 fully saturated rings. The van der Waals surface area contributed by atoms with E-state index >= 15 is 0 Å². The van der Waals surface area contributed by atoms with E-state index in [0.29, 0.717) is 45.7 Å². The highest BCUT2D eigenvalue weighted by Crippen LogP contribution is 2.46. The van der Waals surface area contributed by atoms with E-state index in [1.54, 1.807) is 37.4 Å². The van der Waals surface area contributed by atoms with E-state index in [0.717, 1.165) is 67.6 Å². The van der Waals surface area contributed by atoms with Gasteiger partial charge in [0.05, 0.1) is 30.4 Å². The molecule has 9 nitrogen and oxygen atoms in total. The number of phenolic OH excluding ortho intramolecular Hbond substituents is 3. The van der Waals surface area contributed by atoms with E-state index in [-0.39, 0.29) is 23.6 Å². The summed E-state index contributed by atoms with van der Waals surface area (Å²) < 4.78 is 16.8. The van der Waals surface area contributed by atoms with Crippen LogP contribution in [0.4, 0.5) is 0 Å². The third kappa shape index (κ3) is 5.90. The highest BCUT2D eigenvalue weighted by atomic mass is 16.5. The lowest BCUT2D eigenvalue weighted by Gasteiger charge is -2.32. The van der Waals surface area contributed by atoms with Gasteiger partial charge in [0.15, 0.2) is 0 Å². The minimum Gasteiger partial charge on any atom is -0.508 e. The average Bonchev–Trinajstić information content (AvgIpc) is 3.14. The van der Waals surface area contributed by atoms with Crippen LogP contribution in [-0.4, -0.2) is 41.6 Å². The fourth-order valence-corrected chi connectivity index (χ4v) is 9.23. The van der Waals surface area contributed by atoms with Gasteiger partial charge in [-0.2, -0.15) is 0 Å². The van der Waals surface area contributed by atoms with Gasteiger partial charge < -0.3 is 39.8 Å². The summed E-state index contributed by atoms with van der Waals surface area (Å²) in [5.74, 6) is 1.79. The first-order valence-electron chi connectivity index (χ1n) is 18.8. The highest BCUT2D eigenvalue weighted by Gasteiger charge is 2.29. The summed E-state index contributed by atoms with van der Waals surface area (Å²) in [6.07, 6.45) is 1.73. The topological polar surface area (TPSA) is 133 Å². The maximum Gasteiger partial charge on any atom is 0.344 e. The van der Waals surface area contributed by atoms with Gasteiger partial charge in [0.25, 0.3) is 0 Å². The van der Waals surface area contributed by atoms with E-state index in [4.69, 9.17) is 13.9 Å². The van der Waals surface area contributed by atoms with Crippen molar-refractivity contribution in [2.75, 3.05) is 14.2 Å². The highest BCUT2D eigenvalue weighted by molar-refractivity contribution is 6.21. The van der Waals surface area contributed by atoms with Crippen molar-refractivity contribution in [1.82, 2.24) is 10.6 Å². The van der Waals surface area contributed by atoms with Gasteiger partial charge in [0.1, 0.15) is 34.3 Å². The number of hydrogen-bond acceptors (Lipinski definition) is 9. The lowest BCUT2D eigenvalue weighted by molar-refractivity contribution is 0.410. The predicted octanol–water partition coefficient (Wildman–Crippen LogP) is 9.24. The Hall–Kier alpha value is -5.77. The van der Waals surface area contributed by atoms with E-state index in [1.807, 2.05) is 36.4 Å². The minimum atomic E-state index is -0.398. The molecule has 0 aliphatic carbocycles. The van der Waals surface area contributed by atoms with Gasteiger partial charge >= 0.3 is 5.63 Å². The summed E-state index contributed by atoms with van der Waals surface area (Å²) in [5, 5.41) is 43.6. The maximum atomic E-state index is 12.9. The molecule has 7 aromatic rings. The molecule has 1 aromatic heterocycles. The number of rotatable bonds is 3. The van der Waals surface area contributed by atoms with Gasteiger partial charge in [-0.15, -0.1) is 0 Å². The Morgan fingerprint density at radius 1 is 0.655 bits per heavy atom. The van der Waals surface area contributed by atoms with Crippen LogP contribution in [-0.2, 0) is 12.8 Å². The standard InChI is InChI=1S/C23H21NO4.C23H25NO3/c1-11-9-13-7-8-15-20-14-5-4-6-17(25)21(14)18(27-3)10-16(20)23(26)28-22(15)19(13)12(2)24-11;1-12-10-20(27-4)23-16(6-5-7-18(23)25)21(12)15-8-9-19(26)22-14(3)24-13(2)11-17(15)22/h4-8,10-12,24-25H,9H2,1-3H3;5-10,13-14,24-26H,11H2,1-4H3/t11-,12?;13-,14?/m11/s1. The number of hydrogen-bond donors (Lipinski definition) is 5. The first kappa shape index (κ1) is 36.2. The van der Waals surface area contributed by atoms with Gasteiger partial charge in [-0.3, -0.25) is 0 Å². The van der Waals surface area contributed by atoms with Gasteiger partial charge in [-0.25, -0.2) is 4.79 Å². The Labute approximate surface area is 319 Å². The van der Waals surface area contributed by atoms with E-state index < -0.39 is 5.63 Å². The second-order valence-electron chi connectivity index (χ2n) is 15.1. The molecule has 282 valence electrons. The van der Waals surface area contributed by atoms with Gasteiger partial charge in [0, 0.05) is 46.1 Å². The number of ether oxygens (including phenoxy) is 2. The van der Waals surface area contributed by atoms with Crippen LogP contribution in [0, 0.1) is 6.92 Å². The number of fused-ring (bicyclic) bond motifs is 9. The molecule has 0 radical (unpaired) electrons. The van der Waals surface area contributed by atoms with E-state index in [9.17, 15) is 20.1 Å². The SMILES string of the molecule is COc1cc(C)c(-c2ccc(O)c3c2C[C@@H](C)NC3C)c2cccc(O)c12.COc1cc2c(=O)oc3c4c(ccc3c2c2cccc(O)c12)C[C@@H](C)NC4C. The lowest BCUT2D eigenvalue weighted by Crippen LogP contribution is -2.36. The molecule has 0 bridgehead atoms. The van der Waals surface area contributed by atoms with E-state index in [1.165, 1.54) is 18.2 Å². The molecule has 0 spiro atoms. The molecule has 4 atom stereocenters. The van der Waals surface area contributed by atoms with Crippen LogP contribution in [0.3, 0.4) is 0 Å². The number of aryl methyl sites for hydroxylation is 1. The summed E-state index contributed by atoms with van der Waals surface area (Å²) in [4.78, 5) is 12.9. The molecule has 6 aromatic carbocycles. The van der Waals surface area contributed by atoms with Crippen molar-refractivity contribution < 1.29 is 29.2 Å². The van der Waals surface area contributed by atoms with Crippen LogP contribution in [0.15, 0.2) is 82.0 Å². The smallest absolute Gasteiger partial charge is 0.344 e. The Balaban J connectivity index is 0.000000155. The Kier molecular flexibility index (Phi) is 9.10. The van der Waals surface area contributed by atoms with Crippen LogP contribution in [0.5, 0.6) is 28.7 Å². The maximum absolute atomic E-state index is 12.9. The van der Waals surface area contributed by atoms with Gasteiger partial charge in [0.2, 0.25) is 0 Å². The number of aromatic hydroxyl groups is 3. The van der Waals surface area contributed by atoms with Crippen molar-refractivity contribution in [3.63, 3.8) is 0 Å². The molecular formula is C46H46N2O7. The molecule has 3 heterocycles. The largest absolute Gasteiger partial charge is 0.508 e. The van der Waals surface area contributed by atoms with E-state index in [2.05, 4.69) is 51.3 Å². The zero-order chi connectivity index (χ0) is 38.9. The number of benzene rings is 6. The van der Waals surface area contributed by atoms with Crippen molar-refractivity contribution in [3.8, 4) is 39.9 Å². The second-order valence-corrected chi connectivity index (χ2v) is 15.1. The predicted molar refractivity (Wildman–Crippen MR) is 219 cm³/mol. The van der Waals surface area contributed by atoms with Crippen LogP contribution in [0.2, 0.25) is 0 Å². The van der Waals surface area contributed by atoms with Crippen molar-refractivity contribution in [2.24, 2.45) is 0 Å². The molecule has 0 saturated carbocycles. The van der Waals surface area contributed by atoms with Crippen LogP contribution in [0.1, 0.15) is 67.6 Å². The first-order valence-corrected chi connectivity index (χ1v) is 18.8. The van der Waals surface area contributed by atoms with Gasteiger partial charge in [-0.1, -0.05) is 42.5 Å². The summed E-state index contributed by atoms with van der Waals surface area (Å²) in [7, 11) is 3.15. The van der Waals surface area contributed by atoms with Crippen molar-refractivity contribution in [2.45, 2.75) is 71.6 Å². The first-order chi connectivity index (χ1) is 26.4. The molecule has 55 heavy (non-hydrogen) atoms. The fraction of sp³-hybridized carbons (Fsp3) is 0.283. The zero-order valence-electron chi connectivity index (χ0n) is 32.1. The monoisotopic (exact) mass is 738 g/mol. The molecule has 0 saturated heterocycles. The Morgan fingerprint density at radius 3 is 1.96 bits per heavy atom. The van der Waals surface area contributed by atoms with Crippen LogP contribution < -0.4 is 25.7 Å². The molecular weight excluding hydrogens is 693 g/mol. The molecule has 2 aliphatic heterocycles. The Morgan fingerprint density at radius 2 is 1.27 bits per heavy atom. The van der Waals surface area contributed by atoms with Gasteiger partial charge in [-0.05, 0) is 116 Å². The summed E-state index contributed by atoms with van der Waals surface area (Å²) in [6.45, 7) is 10.6. The second kappa shape index (κ2) is 13.8.